The number of carbonyl (C=O) groups is 1. The Hall–Kier alpha value is -1.24. The summed E-state index contributed by atoms with van der Waals surface area (Å²) in [4.78, 5) is 14.0. The summed E-state index contributed by atoms with van der Waals surface area (Å²) < 4.78 is 12.1. The number of hydrogen-bond donors (Lipinski definition) is 2. The molecule has 6 heteroatoms. The number of nitrogens with two attached hydrogens (primary N) is 1. The van der Waals surface area contributed by atoms with Crippen LogP contribution in [0.1, 0.15) is 12.8 Å². The van der Waals surface area contributed by atoms with E-state index in [9.17, 15) is 14.1 Å². The van der Waals surface area contributed by atoms with Crippen molar-refractivity contribution in [2.75, 3.05) is 25.4 Å². The van der Waals surface area contributed by atoms with E-state index in [1.807, 2.05) is 35.2 Å². The molecule has 0 bridgehead atoms. The van der Waals surface area contributed by atoms with Gasteiger partial charge in [-0.2, -0.15) is 0 Å². The molecule has 110 valence electrons. The number of piperidine rings is 1. The van der Waals surface area contributed by atoms with Gasteiger partial charge in [-0.1, -0.05) is 18.2 Å². The van der Waals surface area contributed by atoms with Crippen LogP contribution >= 0.6 is 0 Å². The maximum Gasteiger partial charge on any atom is 0.250 e. The summed E-state index contributed by atoms with van der Waals surface area (Å²) in [6.07, 6.45) is 1.12. The van der Waals surface area contributed by atoms with Gasteiger partial charge in [0.2, 0.25) is 0 Å². The molecular weight excluding hydrogens is 276 g/mol. The minimum absolute atomic E-state index is 0.230. The van der Waals surface area contributed by atoms with Crippen molar-refractivity contribution in [1.82, 2.24) is 4.90 Å². The maximum atomic E-state index is 12.1. The summed E-state index contributed by atoms with van der Waals surface area (Å²) in [5, 5.41) is 10.1. The van der Waals surface area contributed by atoms with Crippen LogP contribution in [0, 0.1) is 0 Å². The Morgan fingerprint density at radius 3 is 2.75 bits per heavy atom. The number of primary amides is 1. The van der Waals surface area contributed by atoms with Crippen LogP contribution in [0.3, 0.4) is 0 Å². The largest absolute Gasteiger partial charge is 0.379 e. The summed E-state index contributed by atoms with van der Waals surface area (Å²) >= 11 is 0. The van der Waals surface area contributed by atoms with Crippen molar-refractivity contribution in [1.29, 1.82) is 0 Å². The molecule has 3 N–H and O–H groups in total. The monoisotopic (exact) mass is 296 g/mol. The molecule has 1 amide bonds. The summed E-state index contributed by atoms with van der Waals surface area (Å²) in [6, 6.07) is 9.29. The highest BCUT2D eigenvalue weighted by molar-refractivity contribution is 7.85. The van der Waals surface area contributed by atoms with E-state index in [1.165, 1.54) is 0 Å². The van der Waals surface area contributed by atoms with E-state index in [2.05, 4.69) is 0 Å². The van der Waals surface area contributed by atoms with Crippen LogP contribution in [0.15, 0.2) is 35.2 Å². The highest BCUT2D eigenvalue weighted by Crippen LogP contribution is 2.20. The molecule has 2 unspecified atom stereocenters. The third-order valence-corrected chi connectivity index (χ3v) is 4.96. The van der Waals surface area contributed by atoms with Gasteiger partial charge in [0.15, 0.2) is 5.60 Å². The second kappa shape index (κ2) is 6.47. The van der Waals surface area contributed by atoms with Gasteiger partial charge in [0.05, 0.1) is 10.8 Å². The zero-order chi connectivity index (χ0) is 14.6. The van der Waals surface area contributed by atoms with Crippen LogP contribution < -0.4 is 5.73 Å². The second-order valence-corrected chi connectivity index (χ2v) is 6.71. The van der Waals surface area contributed by atoms with Crippen LogP contribution in [0.2, 0.25) is 0 Å². The van der Waals surface area contributed by atoms with Crippen molar-refractivity contribution in [3.8, 4) is 0 Å². The number of carbonyl (C=O) groups excluding carboxylic acids is 1. The predicted octanol–water partition coefficient (Wildman–Crippen LogP) is 0.106. The third kappa shape index (κ3) is 3.65. The molecule has 0 spiro atoms. The van der Waals surface area contributed by atoms with Crippen LogP contribution in [-0.2, 0) is 15.6 Å². The molecule has 1 fully saturated rings. The lowest BCUT2D eigenvalue weighted by Crippen LogP contribution is -2.56. The van der Waals surface area contributed by atoms with Gasteiger partial charge in [-0.25, -0.2) is 0 Å². The molecule has 1 saturated heterocycles. The number of benzene rings is 1. The average Bonchev–Trinajstić information content (AvgIpc) is 2.46. The first-order chi connectivity index (χ1) is 9.51. The Kier molecular flexibility index (Phi) is 4.91. The normalized spacial score (nSPS) is 25.2. The second-order valence-electron chi connectivity index (χ2n) is 5.14. The Bertz CT molecular complexity index is 494. The zero-order valence-corrected chi connectivity index (χ0v) is 12.1. The van der Waals surface area contributed by atoms with Crippen molar-refractivity contribution < 1.29 is 14.1 Å². The number of rotatable bonds is 5. The van der Waals surface area contributed by atoms with Crippen molar-refractivity contribution in [2.24, 2.45) is 5.73 Å². The summed E-state index contributed by atoms with van der Waals surface area (Å²) in [5.41, 5.74) is 3.80. The van der Waals surface area contributed by atoms with Gasteiger partial charge >= 0.3 is 0 Å². The molecule has 2 atom stereocenters. The molecule has 2 rings (SSSR count). The standard InChI is InChI=1S/C14H20N2O3S/c15-13(17)14(18)7-4-8-16(11-14)9-10-20(19)12-5-2-1-3-6-12/h1-3,5-6,18H,4,7-11H2,(H2,15,17). The predicted molar refractivity (Wildman–Crippen MR) is 77.5 cm³/mol. The van der Waals surface area contributed by atoms with E-state index in [0.29, 0.717) is 18.7 Å². The van der Waals surface area contributed by atoms with Gasteiger partial charge in [0.1, 0.15) is 0 Å². The highest BCUT2D eigenvalue weighted by atomic mass is 32.2. The topological polar surface area (TPSA) is 83.6 Å². The zero-order valence-electron chi connectivity index (χ0n) is 11.3. The van der Waals surface area contributed by atoms with E-state index in [0.717, 1.165) is 17.9 Å². The fourth-order valence-corrected chi connectivity index (χ4v) is 3.54. The molecule has 0 saturated carbocycles. The fourth-order valence-electron chi connectivity index (χ4n) is 2.42. The molecule has 1 aliphatic rings. The minimum Gasteiger partial charge on any atom is -0.379 e. The third-order valence-electron chi connectivity index (χ3n) is 3.61. The fraction of sp³-hybridized carbons (Fsp3) is 0.500. The van der Waals surface area contributed by atoms with Crippen molar-refractivity contribution in [3.05, 3.63) is 30.3 Å². The number of amides is 1. The van der Waals surface area contributed by atoms with E-state index in [4.69, 9.17) is 5.73 Å². The molecule has 0 aromatic heterocycles. The molecule has 1 aromatic rings. The quantitative estimate of drug-likeness (QED) is 0.807. The van der Waals surface area contributed by atoms with Gasteiger partial charge in [-0.3, -0.25) is 13.9 Å². The van der Waals surface area contributed by atoms with E-state index < -0.39 is 22.3 Å². The van der Waals surface area contributed by atoms with Gasteiger partial charge in [-0.15, -0.1) is 0 Å². The first-order valence-corrected chi connectivity index (χ1v) is 8.01. The van der Waals surface area contributed by atoms with Crippen LogP contribution in [-0.4, -0.2) is 51.1 Å². The molecule has 20 heavy (non-hydrogen) atoms. The first kappa shape index (κ1) is 15.2. The minimum atomic E-state index is -1.44. The number of β-amino-alcohol motifs (C(OH)–C–C–N with tert-alkyl or cyclic N) is 1. The molecule has 5 nitrogen and oxygen atoms in total. The molecule has 0 radical (unpaired) electrons. The number of aliphatic hydroxyl groups is 1. The van der Waals surface area contributed by atoms with Crippen molar-refractivity contribution in [3.63, 3.8) is 0 Å². The van der Waals surface area contributed by atoms with Gasteiger partial charge < -0.3 is 10.8 Å². The van der Waals surface area contributed by atoms with E-state index in [1.54, 1.807) is 0 Å². The molecular formula is C14H20N2O3S. The lowest BCUT2D eigenvalue weighted by Gasteiger charge is -2.36. The van der Waals surface area contributed by atoms with Crippen molar-refractivity contribution >= 4 is 16.7 Å². The van der Waals surface area contributed by atoms with Gasteiger partial charge in [-0.05, 0) is 31.5 Å². The van der Waals surface area contributed by atoms with Crippen LogP contribution in [0.4, 0.5) is 0 Å². The van der Waals surface area contributed by atoms with E-state index >= 15 is 0 Å². The maximum absolute atomic E-state index is 12.1. The Morgan fingerprint density at radius 2 is 2.10 bits per heavy atom. The van der Waals surface area contributed by atoms with Crippen molar-refractivity contribution in [2.45, 2.75) is 23.3 Å². The van der Waals surface area contributed by atoms with E-state index in [-0.39, 0.29) is 6.54 Å². The highest BCUT2D eigenvalue weighted by Gasteiger charge is 2.38. The van der Waals surface area contributed by atoms with Crippen LogP contribution in [0.25, 0.3) is 0 Å². The average molecular weight is 296 g/mol. The summed E-state index contributed by atoms with van der Waals surface area (Å²) in [7, 11) is -1.06. The SMILES string of the molecule is NC(=O)C1(O)CCCN(CCS(=O)c2ccccc2)C1. The Labute approximate surface area is 121 Å². The summed E-state index contributed by atoms with van der Waals surface area (Å²) in [5.74, 6) is -0.190. The molecule has 1 aromatic carbocycles. The molecule has 1 heterocycles. The molecule has 1 aliphatic heterocycles. The van der Waals surface area contributed by atoms with Gasteiger partial charge in [0.25, 0.3) is 5.91 Å². The first-order valence-electron chi connectivity index (χ1n) is 6.69. The lowest BCUT2D eigenvalue weighted by atomic mass is 9.92. The number of hydrogen-bond acceptors (Lipinski definition) is 4. The molecule has 0 aliphatic carbocycles. The van der Waals surface area contributed by atoms with Crippen LogP contribution in [0.5, 0.6) is 0 Å². The number of likely N-dealkylation sites (tertiary alicyclic amines) is 1. The Morgan fingerprint density at radius 1 is 1.40 bits per heavy atom. The summed E-state index contributed by atoms with van der Waals surface area (Å²) in [6.45, 7) is 1.60. The number of nitrogens with zero attached hydrogens (tertiary/aromatic N) is 1. The van der Waals surface area contributed by atoms with Gasteiger partial charge in [0, 0.05) is 23.7 Å². The smallest absolute Gasteiger partial charge is 0.250 e. The lowest BCUT2D eigenvalue weighted by molar-refractivity contribution is -0.141. The Balaban J connectivity index is 1.88.